The van der Waals surface area contributed by atoms with E-state index in [0.29, 0.717) is 34.5 Å². The minimum atomic E-state index is -0.467. The summed E-state index contributed by atoms with van der Waals surface area (Å²) in [4.78, 5) is 18.8. The molecule has 0 aliphatic heterocycles. The smallest absolute Gasteiger partial charge is 0.268 e. The van der Waals surface area contributed by atoms with Gasteiger partial charge in [-0.25, -0.2) is 4.90 Å². The van der Waals surface area contributed by atoms with E-state index in [1.54, 1.807) is 24.4 Å². The first-order valence-electron chi connectivity index (χ1n) is 9.31. The van der Waals surface area contributed by atoms with E-state index in [4.69, 9.17) is 15.9 Å². The molecular formula is C22H21ClN6O2. The first-order valence-corrected chi connectivity index (χ1v) is 9.31. The average molecular weight is 437 g/mol. The maximum atomic E-state index is 13.3. The lowest BCUT2D eigenvalue weighted by atomic mass is 10.1. The second kappa shape index (κ2) is 9.84. The molecule has 31 heavy (non-hydrogen) atoms. The van der Waals surface area contributed by atoms with Crippen molar-refractivity contribution in [1.29, 1.82) is 5.41 Å². The predicted octanol–water partition coefficient (Wildman–Crippen LogP) is 3.64. The Hall–Kier alpha value is -3.75. The molecule has 0 aliphatic carbocycles. The number of nitrogens with one attached hydrogen (secondary N) is 2. The molecule has 158 valence electrons. The number of nitrogens with two attached hydrogens (primary N) is 1. The van der Waals surface area contributed by atoms with Crippen LogP contribution in [0.1, 0.15) is 21.6 Å². The molecule has 0 aliphatic rings. The zero-order chi connectivity index (χ0) is 20.9. The number of aromatic nitrogens is 3. The third kappa shape index (κ3) is 4.71. The molecule has 4 N–H and O–H groups in total. The summed E-state index contributed by atoms with van der Waals surface area (Å²) in [6.07, 6.45) is 3.09. The number of aromatic amines is 1. The molecule has 0 atom stereocenters. The summed E-state index contributed by atoms with van der Waals surface area (Å²) in [5, 5.41) is 15.5. The van der Waals surface area contributed by atoms with Crippen molar-refractivity contribution in [2.75, 3.05) is 4.90 Å². The van der Waals surface area contributed by atoms with Crippen LogP contribution in [0.2, 0.25) is 0 Å². The van der Waals surface area contributed by atoms with Crippen LogP contribution >= 0.6 is 12.4 Å². The minimum absolute atomic E-state index is 0. The summed E-state index contributed by atoms with van der Waals surface area (Å²) in [5.41, 5.74) is 8.81. The predicted molar refractivity (Wildman–Crippen MR) is 121 cm³/mol. The van der Waals surface area contributed by atoms with Crippen LogP contribution in [0.3, 0.4) is 0 Å². The number of benzene rings is 2. The van der Waals surface area contributed by atoms with Crippen molar-refractivity contribution < 1.29 is 9.53 Å². The fraction of sp³-hybridized carbons (Fsp3) is 0.0909. The number of pyridine rings is 1. The van der Waals surface area contributed by atoms with E-state index in [2.05, 4.69) is 15.2 Å². The van der Waals surface area contributed by atoms with Gasteiger partial charge in [0.1, 0.15) is 0 Å². The molecule has 0 spiro atoms. The standard InChI is InChI=1S/C22H20N6O2.ClH/c23-22(24)28(20-10-4-9-18-16(20)8-5-11-25-18)21(29)17-12-26-27-19(17)14-30-13-15-6-2-1-3-7-15;/h1-12H,13-14H2,(H3,23,24)(H,26,27);1H. The van der Waals surface area contributed by atoms with Crippen molar-refractivity contribution in [2.45, 2.75) is 13.2 Å². The number of amides is 1. The van der Waals surface area contributed by atoms with Crippen LogP contribution in [0.5, 0.6) is 0 Å². The van der Waals surface area contributed by atoms with Crippen LogP contribution in [0, 0.1) is 5.41 Å². The lowest BCUT2D eigenvalue weighted by molar-refractivity contribution is 0.0961. The summed E-state index contributed by atoms with van der Waals surface area (Å²) < 4.78 is 5.73. The lowest BCUT2D eigenvalue weighted by Crippen LogP contribution is -2.41. The van der Waals surface area contributed by atoms with Gasteiger partial charge < -0.3 is 10.5 Å². The van der Waals surface area contributed by atoms with E-state index in [-0.39, 0.29) is 19.0 Å². The second-order valence-corrected chi connectivity index (χ2v) is 6.61. The maximum absolute atomic E-state index is 13.3. The Morgan fingerprint density at radius 3 is 2.65 bits per heavy atom. The highest BCUT2D eigenvalue weighted by Gasteiger charge is 2.25. The van der Waals surface area contributed by atoms with E-state index in [9.17, 15) is 4.79 Å². The van der Waals surface area contributed by atoms with Gasteiger partial charge >= 0.3 is 0 Å². The van der Waals surface area contributed by atoms with E-state index in [0.717, 1.165) is 10.5 Å². The number of hydrogen-bond acceptors (Lipinski definition) is 5. The van der Waals surface area contributed by atoms with Gasteiger partial charge in [0.15, 0.2) is 5.96 Å². The molecule has 4 aromatic rings. The Kier molecular flexibility index (Phi) is 6.96. The summed E-state index contributed by atoms with van der Waals surface area (Å²) >= 11 is 0. The molecule has 0 unspecified atom stereocenters. The summed E-state index contributed by atoms with van der Waals surface area (Å²) in [7, 11) is 0. The normalized spacial score (nSPS) is 10.5. The van der Waals surface area contributed by atoms with Crippen molar-refractivity contribution in [1.82, 2.24) is 15.2 Å². The maximum Gasteiger partial charge on any atom is 0.268 e. The van der Waals surface area contributed by atoms with Crippen molar-refractivity contribution in [3.05, 3.63) is 89.9 Å². The highest BCUT2D eigenvalue weighted by molar-refractivity contribution is 6.23. The first kappa shape index (κ1) is 21.9. The van der Waals surface area contributed by atoms with Gasteiger partial charge in [-0.3, -0.25) is 20.3 Å². The minimum Gasteiger partial charge on any atom is -0.370 e. The van der Waals surface area contributed by atoms with Crippen LogP contribution in [-0.4, -0.2) is 27.0 Å². The van der Waals surface area contributed by atoms with Gasteiger partial charge in [0.25, 0.3) is 5.91 Å². The van der Waals surface area contributed by atoms with E-state index in [1.807, 2.05) is 42.5 Å². The highest BCUT2D eigenvalue weighted by atomic mass is 35.5. The van der Waals surface area contributed by atoms with Gasteiger partial charge in [-0.1, -0.05) is 36.4 Å². The molecule has 0 radical (unpaired) electrons. The Balaban J connectivity index is 0.00000272. The number of halogens is 1. The largest absolute Gasteiger partial charge is 0.370 e. The van der Waals surface area contributed by atoms with Crippen molar-refractivity contribution >= 4 is 40.9 Å². The molecule has 2 aromatic heterocycles. The number of guanidine groups is 1. The summed E-state index contributed by atoms with van der Waals surface area (Å²) in [6, 6.07) is 18.7. The molecule has 4 rings (SSSR count). The number of fused-ring (bicyclic) bond motifs is 1. The Labute approximate surface area is 185 Å². The number of nitrogens with zero attached hydrogens (tertiary/aromatic N) is 3. The topological polar surface area (TPSA) is 121 Å². The molecule has 2 aromatic carbocycles. The molecule has 1 amide bonds. The van der Waals surface area contributed by atoms with Gasteiger partial charge in [0, 0.05) is 11.6 Å². The van der Waals surface area contributed by atoms with Gasteiger partial charge in [-0.15, -0.1) is 12.4 Å². The zero-order valence-electron chi connectivity index (χ0n) is 16.5. The highest BCUT2D eigenvalue weighted by Crippen LogP contribution is 2.27. The Morgan fingerprint density at radius 1 is 1.06 bits per heavy atom. The number of anilines is 1. The molecule has 0 saturated carbocycles. The van der Waals surface area contributed by atoms with Crippen molar-refractivity contribution in [2.24, 2.45) is 5.73 Å². The molecule has 0 saturated heterocycles. The number of H-pyrrole nitrogens is 1. The summed E-state index contributed by atoms with van der Waals surface area (Å²) in [5.74, 6) is -0.861. The molecule has 0 bridgehead atoms. The zero-order valence-corrected chi connectivity index (χ0v) is 17.3. The fourth-order valence-electron chi connectivity index (χ4n) is 3.20. The quantitative estimate of drug-likeness (QED) is 0.314. The molecule has 8 nitrogen and oxygen atoms in total. The third-order valence-corrected chi connectivity index (χ3v) is 4.61. The summed E-state index contributed by atoms with van der Waals surface area (Å²) in [6.45, 7) is 0.567. The molecule has 0 fully saturated rings. The number of hydrogen-bond donors (Lipinski definition) is 3. The van der Waals surface area contributed by atoms with E-state index in [1.165, 1.54) is 6.20 Å². The Bertz CT molecular complexity index is 1190. The SMILES string of the molecule is Cl.N=C(N)N(C(=O)c1cn[nH]c1COCc1ccccc1)c1cccc2ncccc12. The number of ether oxygens (including phenoxy) is 1. The lowest BCUT2D eigenvalue weighted by Gasteiger charge is -2.22. The number of rotatable bonds is 6. The average Bonchev–Trinajstić information content (AvgIpc) is 3.23. The van der Waals surface area contributed by atoms with Gasteiger partial charge in [-0.2, -0.15) is 5.10 Å². The fourth-order valence-corrected chi connectivity index (χ4v) is 3.20. The van der Waals surface area contributed by atoms with Crippen LogP contribution in [0.15, 0.2) is 73.1 Å². The molecular weight excluding hydrogens is 416 g/mol. The number of carbonyl (C=O) groups is 1. The van der Waals surface area contributed by atoms with E-state index < -0.39 is 11.9 Å². The Morgan fingerprint density at radius 2 is 1.87 bits per heavy atom. The van der Waals surface area contributed by atoms with Gasteiger partial charge in [0.05, 0.1) is 41.9 Å². The second-order valence-electron chi connectivity index (χ2n) is 6.61. The third-order valence-electron chi connectivity index (χ3n) is 4.61. The molecule has 9 heteroatoms. The molecule has 2 heterocycles. The van der Waals surface area contributed by atoms with Crippen LogP contribution < -0.4 is 10.6 Å². The van der Waals surface area contributed by atoms with Gasteiger partial charge in [0.2, 0.25) is 0 Å². The number of carbonyl (C=O) groups excluding carboxylic acids is 1. The van der Waals surface area contributed by atoms with E-state index >= 15 is 0 Å². The first-order chi connectivity index (χ1) is 14.6. The van der Waals surface area contributed by atoms with Crippen LogP contribution in [0.25, 0.3) is 10.9 Å². The van der Waals surface area contributed by atoms with Crippen LogP contribution in [0.4, 0.5) is 5.69 Å². The van der Waals surface area contributed by atoms with Crippen LogP contribution in [-0.2, 0) is 18.0 Å². The monoisotopic (exact) mass is 436 g/mol. The van der Waals surface area contributed by atoms with Gasteiger partial charge in [-0.05, 0) is 29.8 Å². The van der Waals surface area contributed by atoms with Crippen molar-refractivity contribution in [3.63, 3.8) is 0 Å². The van der Waals surface area contributed by atoms with Crippen molar-refractivity contribution in [3.8, 4) is 0 Å².